The van der Waals surface area contributed by atoms with E-state index in [0.717, 1.165) is 24.2 Å². The summed E-state index contributed by atoms with van der Waals surface area (Å²) in [6, 6.07) is 0. The van der Waals surface area contributed by atoms with Crippen molar-refractivity contribution in [3.05, 3.63) is 11.1 Å². The second-order valence-electron chi connectivity index (χ2n) is 14.0. The van der Waals surface area contributed by atoms with Crippen LogP contribution in [0.5, 0.6) is 0 Å². The minimum Gasteiger partial charge on any atom is -0.393 e. The summed E-state index contributed by atoms with van der Waals surface area (Å²) in [4.78, 5) is 0. The summed E-state index contributed by atoms with van der Waals surface area (Å²) in [5, 5.41) is 10.8. The Morgan fingerprint density at radius 1 is 0.839 bits per heavy atom. The van der Waals surface area contributed by atoms with E-state index in [2.05, 4.69) is 55.4 Å². The number of aliphatic hydroxyl groups is 1. The van der Waals surface area contributed by atoms with Crippen LogP contribution in [0.4, 0.5) is 0 Å². The third-order valence-corrected chi connectivity index (χ3v) is 11.9. The minimum absolute atomic E-state index is 0.0519. The molecule has 0 aromatic carbocycles. The maximum Gasteiger partial charge on any atom is 0.0594 e. The average Bonchev–Trinajstić information content (AvgIpc) is 2.96. The highest BCUT2D eigenvalue weighted by Gasteiger charge is 2.63. The van der Waals surface area contributed by atoms with E-state index in [1.54, 1.807) is 0 Å². The highest BCUT2D eigenvalue weighted by atomic mass is 16.3. The van der Waals surface area contributed by atoms with Gasteiger partial charge >= 0.3 is 0 Å². The van der Waals surface area contributed by atoms with Crippen LogP contribution in [0, 0.1) is 45.3 Å². The van der Waals surface area contributed by atoms with Crippen LogP contribution >= 0.6 is 0 Å². The Labute approximate surface area is 193 Å². The van der Waals surface area contributed by atoms with Crippen LogP contribution in [0.2, 0.25) is 0 Å². The van der Waals surface area contributed by atoms with Gasteiger partial charge in [-0.05, 0) is 96.7 Å². The molecule has 2 saturated carbocycles. The molecule has 0 spiro atoms. The second-order valence-corrected chi connectivity index (χ2v) is 14.0. The summed E-state index contributed by atoms with van der Waals surface area (Å²) in [7, 11) is 0. The van der Waals surface area contributed by atoms with Crippen molar-refractivity contribution in [2.24, 2.45) is 45.3 Å². The third kappa shape index (κ3) is 3.41. The fraction of sp³-hybridized carbons (Fsp3) is 0.933. The van der Waals surface area contributed by atoms with Gasteiger partial charge in [0.15, 0.2) is 0 Å². The molecule has 0 aliphatic heterocycles. The van der Waals surface area contributed by atoms with E-state index < -0.39 is 0 Å². The van der Waals surface area contributed by atoms with Crippen LogP contribution in [-0.4, -0.2) is 11.2 Å². The highest BCUT2D eigenvalue weighted by Crippen LogP contribution is 2.72. The molecule has 4 aliphatic rings. The van der Waals surface area contributed by atoms with Crippen molar-refractivity contribution in [3.8, 4) is 0 Å². The Kier molecular flexibility index (Phi) is 6.07. The molecule has 0 aromatic rings. The molecule has 0 amide bonds. The van der Waals surface area contributed by atoms with Gasteiger partial charge in [-0.15, -0.1) is 0 Å². The summed E-state index contributed by atoms with van der Waals surface area (Å²) < 4.78 is 0. The maximum atomic E-state index is 10.8. The van der Waals surface area contributed by atoms with Crippen LogP contribution in [0.1, 0.15) is 126 Å². The summed E-state index contributed by atoms with van der Waals surface area (Å²) in [5.74, 6) is 3.24. The first-order chi connectivity index (χ1) is 14.4. The van der Waals surface area contributed by atoms with E-state index in [9.17, 15) is 5.11 Å². The Balaban J connectivity index is 1.63. The predicted molar refractivity (Wildman–Crippen MR) is 133 cm³/mol. The Morgan fingerprint density at radius 3 is 2.23 bits per heavy atom. The monoisotopic (exact) mass is 428 g/mol. The highest BCUT2D eigenvalue weighted by molar-refractivity contribution is 5.38. The van der Waals surface area contributed by atoms with E-state index >= 15 is 0 Å². The van der Waals surface area contributed by atoms with Gasteiger partial charge in [0.2, 0.25) is 0 Å². The fourth-order valence-corrected chi connectivity index (χ4v) is 9.68. The Morgan fingerprint density at radius 2 is 1.55 bits per heavy atom. The van der Waals surface area contributed by atoms with Gasteiger partial charge in [0.05, 0.1) is 6.10 Å². The zero-order chi connectivity index (χ0) is 22.8. The number of rotatable bonds is 5. The molecule has 2 fully saturated rings. The zero-order valence-electron chi connectivity index (χ0n) is 22.1. The first kappa shape index (κ1) is 23.8. The van der Waals surface area contributed by atoms with E-state index in [1.165, 1.54) is 64.2 Å². The van der Waals surface area contributed by atoms with Gasteiger partial charge in [0, 0.05) is 0 Å². The molecule has 178 valence electrons. The lowest BCUT2D eigenvalue weighted by molar-refractivity contribution is -0.0962. The van der Waals surface area contributed by atoms with Crippen molar-refractivity contribution in [1.29, 1.82) is 0 Å². The molecule has 1 N–H and O–H groups in total. The molecule has 0 heterocycles. The van der Waals surface area contributed by atoms with Gasteiger partial charge in [0.25, 0.3) is 0 Å². The fourth-order valence-electron chi connectivity index (χ4n) is 9.68. The van der Waals surface area contributed by atoms with Gasteiger partial charge in [-0.3, -0.25) is 0 Å². The molecule has 1 heteroatoms. The topological polar surface area (TPSA) is 20.2 Å². The van der Waals surface area contributed by atoms with E-state index in [4.69, 9.17) is 0 Å². The number of hydrogen-bond donors (Lipinski definition) is 1. The first-order valence-electron chi connectivity index (χ1n) is 13.8. The lowest BCUT2D eigenvalue weighted by Gasteiger charge is -2.62. The molecule has 0 radical (unpaired) electrons. The van der Waals surface area contributed by atoms with Crippen molar-refractivity contribution in [2.75, 3.05) is 0 Å². The number of fused-ring (bicyclic) bond motifs is 4. The molecule has 7 atom stereocenters. The van der Waals surface area contributed by atoms with Crippen molar-refractivity contribution in [2.45, 2.75) is 132 Å². The van der Waals surface area contributed by atoms with Crippen molar-refractivity contribution >= 4 is 0 Å². The molecule has 1 nitrogen and oxygen atoms in total. The van der Waals surface area contributed by atoms with E-state index in [1.807, 2.05) is 11.1 Å². The smallest absolute Gasteiger partial charge is 0.0594 e. The average molecular weight is 429 g/mol. The van der Waals surface area contributed by atoms with Gasteiger partial charge in [0.1, 0.15) is 0 Å². The summed E-state index contributed by atoms with van der Waals surface area (Å²) in [5.41, 5.74) is 5.01. The SMILES string of the molecule is CC(C)CCC[C@H](C)[C@@H]1CC[C@]2(C)C3=C(CC[C@]12C)[C@]1(C)CC[C@H](O)C(C)(C)[C@@H]1CC3. The minimum atomic E-state index is -0.125. The molecular formula is C30H52O. The lowest BCUT2D eigenvalue weighted by Crippen LogP contribution is -2.55. The quantitative estimate of drug-likeness (QED) is 0.435. The molecule has 4 rings (SSSR count). The number of allylic oxidation sites excluding steroid dienone is 2. The van der Waals surface area contributed by atoms with Gasteiger partial charge in [-0.2, -0.15) is 0 Å². The van der Waals surface area contributed by atoms with Gasteiger partial charge < -0.3 is 5.11 Å². The molecule has 0 unspecified atom stereocenters. The van der Waals surface area contributed by atoms with Gasteiger partial charge in [-0.1, -0.05) is 85.8 Å². The van der Waals surface area contributed by atoms with Crippen LogP contribution in [0.25, 0.3) is 0 Å². The van der Waals surface area contributed by atoms with E-state index in [-0.39, 0.29) is 11.5 Å². The Hall–Kier alpha value is -0.300. The van der Waals surface area contributed by atoms with Crippen molar-refractivity contribution < 1.29 is 5.11 Å². The number of aliphatic hydroxyl groups excluding tert-OH is 1. The zero-order valence-corrected chi connectivity index (χ0v) is 22.1. The van der Waals surface area contributed by atoms with Crippen molar-refractivity contribution in [1.82, 2.24) is 0 Å². The summed E-state index contributed by atoms with van der Waals surface area (Å²) in [6.07, 6.45) is 14.4. The van der Waals surface area contributed by atoms with Crippen molar-refractivity contribution in [3.63, 3.8) is 0 Å². The lowest BCUT2D eigenvalue weighted by atomic mass is 9.43. The summed E-state index contributed by atoms with van der Waals surface area (Å²) in [6.45, 7) is 20.0. The normalized spacial score (nSPS) is 45.3. The van der Waals surface area contributed by atoms with Crippen LogP contribution < -0.4 is 0 Å². The molecule has 0 saturated heterocycles. The van der Waals surface area contributed by atoms with Crippen LogP contribution in [0.3, 0.4) is 0 Å². The molecule has 0 bridgehead atoms. The second kappa shape index (κ2) is 7.89. The van der Waals surface area contributed by atoms with E-state index in [0.29, 0.717) is 22.2 Å². The molecule has 0 aromatic heterocycles. The molecular weight excluding hydrogens is 376 g/mol. The van der Waals surface area contributed by atoms with Crippen LogP contribution in [-0.2, 0) is 0 Å². The largest absolute Gasteiger partial charge is 0.393 e. The van der Waals surface area contributed by atoms with Gasteiger partial charge in [-0.25, -0.2) is 0 Å². The summed E-state index contributed by atoms with van der Waals surface area (Å²) >= 11 is 0. The first-order valence-corrected chi connectivity index (χ1v) is 13.8. The maximum absolute atomic E-state index is 10.8. The molecule has 4 aliphatic carbocycles. The molecule has 31 heavy (non-hydrogen) atoms. The standard InChI is InChI=1S/C30H52O/c1-20(2)10-9-11-21(3)22-14-18-30(8)24-12-13-25-27(4,5)26(31)16-17-28(25,6)23(24)15-19-29(22,30)7/h20-22,25-26,31H,9-19H2,1-8H3/t21-,22-,25-,26-,28-,29+,30+/m0/s1. The predicted octanol–water partition coefficient (Wildman–Crippen LogP) is 8.56. The Bertz CT molecular complexity index is 716. The third-order valence-electron chi connectivity index (χ3n) is 11.9. The van der Waals surface area contributed by atoms with Crippen LogP contribution in [0.15, 0.2) is 11.1 Å². The number of hydrogen-bond acceptors (Lipinski definition) is 1.